The molecule has 2 fully saturated rings. The van der Waals surface area contributed by atoms with E-state index in [0.29, 0.717) is 5.41 Å². The summed E-state index contributed by atoms with van der Waals surface area (Å²) in [6.07, 6.45) is 3.99. The van der Waals surface area contributed by atoms with Gasteiger partial charge in [0.15, 0.2) is 0 Å². The van der Waals surface area contributed by atoms with Gasteiger partial charge in [-0.15, -0.1) is 0 Å². The van der Waals surface area contributed by atoms with Crippen LogP contribution in [0.15, 0.2) is 24.8 Å². The summed E-state index contributed by atoms with van der Waals surface area (Å²) in [6, 6.07) is 6.72. The topological polar surface area (TPSA) is 15.3 Å². The maximum atomic E-state index is 4.38. The van der Waals surface area contributed by atoms with E-state index in [9.17, 15) is 0 Å². The molecule has 1 aromatic rings. The average molecular weight is 270 g/mol. The molecule has 0 saturated carbocycles. The van der Waals surface area contributed by atoms with Crippen LogP contribution in [-0.4, -0.2) is 31.1 Å². The second-order valence-electron chi connectivity index (χ2n) is 6.70. The SMILES string of the molecule is C=C(c1ccc(C)c(C)c1)N1CCCC2(CCNC2)C1. The van der Waals surface area contributed by atoms with Crippen LogP contribution in [0.4, 0.5) is 0 Å². The molecule has 1 spiro atoms. The average Bonchev–Trinajstić information content (AvgIpc) is 2.89. The van der Waals surface area contributed by atoms with Gasteiger partial charge in [0.05, 0.1) is 0 Å². The largest absolute Gasteiger partial charge is 0.371 e. The maximum absolute atomic E-state index is 4.38. The van der Waals surface area contributed by atoms with Crippen molar-refractivity contribution in [3.05, 3.63) is 41.5 Å². The van der Waals surface area contributed by atoms with Crippen LogP contribution >= 0.6 is 0 Å². The van der Waals surface area contributed by atoms with Crippen molar-refractivity contribution in [1.29, 1.82) is 0 Å². The Bertz CT molecular complexity index is 512. The Labute approximate surface area is 122 Å². The van der Waals surface area contributed by atoms with Gasteiger partial charge in [0.25, 0.3) is 0 Å². The first-order valence-electron chi connectivity index (χ1n) is 7.82. The first-order chi connectivity index (χ1) is 9.60. The van der Waals surface area contributed by atoms with Gasteiger partial charge in [-0.3, -0.25) is 0 Å². The molecule has 0 aliphatic carbocycles. The van der Waals surface area contributed by atoms with E-state index in [1.807, 2.05) is 0 Å². The minimum atomic E-state index is 0.501. The molecular formula is C18H26N2. The van der Waals surface area contributed by atoms with Gasteiger partial charge in [-0.25, -0.2) is 0 Å². The van der Waals surface area contributed by atoms with Gasteiger partial charge in [-0.05, 0) is 62.4 Å². The van der Waals surface area contributed by atoms with Crippen molar-refractivity contribution in [2.75, 3.05) is 26.2 Å². The van der Waals surface area contributed by atoms with E-state index in [4.69, 9.17) is 0 Å². The minimum absolute atomic E-state index is 0.501. The Balaban J connectivity index is 1.77. The number of likely N-dealkylation sites (tertiary alicyclic amines) is 1. The fourth-order valence-electron chi connectivity index (χ4n) is 3.69. The highest BCUT2D eigenvalue weighted by Gasteiger charge is 2.38. The van der Waals surface area contributed by atoms with Crippen molar-refractivity contribution in [2.24, 2.45) is 5.41 Å². The maximum Gasteiger partial charge on any atom is 0.0367 e. The Hall–Kier alpha value is -1.28. The van der Waals surface area contributed by atoms with Crippen molar-refractivity contribution >= 4 is 5.70 Å². The number of nitrogens with one attached hydrogen (secondary N) is 1. The van der Waals surface area contributed by atoms with E-state index < -0.39 is 0 Å². The Morgan fingerprint density at radius 2 is 2.10 bits per heavy atom. The second kappa shape index (κ2) is 5.25. The van der Waals surface area contributed by atoms with E-state index in [0.717, 1.165) is 6.54 Å². The monoisotopic (exact) mass is 270 g/mol. The summed E-state index contributed by atoms with van der Waals surface area (Å²) in [5, 5.41) is 3.54. The molecule has 1 unspecified atom stereocenters. The second-order valence-corrected chi connectivity index (χ2v) is 6.70. The molecule has 2 aliphatic rings. The van der Waals surface area contributed by atoms with E-state index in [1.54, 1.807) is 0 Å². The summed E-state index contributed by atoms with van der Waals surface area (Å²) in [4.78, 5) is 2.51. The molecule has 2 saturated heterocycles. The molecule has 1 atom stereocenters. The molecule has 20 heavy (non-hydrogen) atoms. The Morgan fingerprint density at radius 3 is 2.80 bits per heavy atom. The van der Waals surface area contributed by atoms with E-state index >= 15 is 0 Å². The van der Waals surface area contributed by atoms with Crippen LogP contribution in [0.3, 0.4) is 0 Å². The van der Waals surface area contributed by atoms with Gasteiger partial charge >= 0.3 is 0 Å². The molecule has 0 radical (unpaired) electrons. The molecule has 0 aromatic heterocycles. The van der Waals surface area contributed by atoms with Crippen LogP contribution < -0.4 is 5.32 Å². The smallest absolute Gasteiger partial charge is 0.0367 e. The van der Waals surface area contributed by atoms with Crippen molar-refractivity contribution in [1.82, 2.24) is 10.2 Å². The van der Waals surface area contributed by atoms with E-state index in [-0.39, 0.29) is 0 Å². The number of aryl methyl sites for hydroxylation is 2. The third kappa shape index (κ3) is 2.49. The summed E-state index contributed by atoms with van der Waals surface area (Å²) in [6.45, 7) is 13.4. The molecule has 0 bridgehead atoms. The lowest BCUT2D eigenvalue weighted by Gasteiger charge is -2.42. The Kier molecular flexibility index (Phi) is 3.59. The van der Waals surface area contributed by atoms with Crippen LogP contribution in [0.1, 0.15) is 36.0 Å². The standard InChI is InChI=1S/C18H26N2/c1-14-5-6-17(11-15(14)2)16(3)20-10-4-7-18(13-20)8-9-19-12-18/h5-6,11,19H,3-4,7-10,12-13H2,1-2H3. The molecule has 2 aliphatic heterocycles. The first-order valence-corrected chi connectivity index (χ1v) is 7.82. The number of piperidine rings is 1. The molecular weight excluding hydrogens is 244 g/mol. The van der Waals surface area contributed by atoms with E-state index in [1.165, 1.54) is 61.3 Å². The van der Waals surface area contributed by atoms with Crippen LogP contribution in [0.5, 0.6) is 0 Å². The van der Waals surface area contributed by atoms with Crippen molar-refractivity contribution in [2.45, 2.75) is 33.1 Å². The third-order valence-electron chi connectivity index (χ3n) is 5.22. The summed E-state index contributed by atoms with van der Waals surface area (Å²) in [7, 11) is 0. The minimum Gasteiger partial charge on any atom is -0.371 e. The lowest BCUT2D eigenvalue weighted by molar-refractivity contribution is 0.151. The zero-order chi connectivity index (χ0) is 14.2. The summed E-state index contributed by atoms with van der Waals surface area (Å²) in [5.74, 6) is 0. The third-order valence-corrected chi connectivity index (χ3v) is 5.22. The van der Waals surface area contributed by atoms with E-state index in [2.05, 4.69) is 48.8 Å². The molecule has 2 heterocycles. The molecule has 2 nitrogen and oxygen atoms in total. The van der Waals surface area contributed by atoms with Gasteiger partial charge < -0.3 is 10.2 Å². The molecule has 1 N–H and O–H groups in total. The molecule has 2 heteroatoms. The van der Waals surface area contributed by atoms with Gasteiger partial charge in [-0.1, -0.05) is 18.7 Å². The number of hydrogen-bond acceptors (Lipinski definition) is 2. The lowest BCUT2D eigenvalue weighted by Crippen LogP contribution is -2.43. The molecule has 1 aromatic carbocycles. The van der Waals surface area contributed by atoms with Gasteiger partial charge in [0.2, 0.25) is 0 Å². The highest BCUT2D eigenvalue weighted by Crippen LogP contribution is 2.38. The quantitative estimate of drug-likeness (QED) is 0.886. The number of rotatable bonds is 2. The van der Waals surface area contributed by atoms with Gasteiger partial charge in [-0.2, -0.15) is 0 Å². The fraction of sp³-hybridized carbons (Fsp3) is 0.556. The highest BCUT2D eigenvalue weighted by atomic mass is 15.2. The zero-order valence-corrected chi connectivity index (χ0v) is 12.8. The van der Waals surface area contributed by atoms with Gasteiger partial charge in [0.1, 0.15) is 0 Å². The molecule has 0 amide bonds. The van der Waals surface area contributed by atoms with Crippen LogP contribution in [0.2, 0.25) is 0 Å². The summed E-state index contributed by atoms with van der Waals surface area (Å²) in [5.41, 5.74) is 5.71. The lowest BCUT2D eigenvalue weighted by atomic mass is 9.79. The first kappa shape index (κ1) is 13.7. The number of benzene rings is 1. The fourth-order valence-corrected chi connectivity index (χ4v) is 3.69. The van der Waals surface area contributed by atoms with Crippen molar-refractivity contribution in [3.8, 4) is 0 Å². The van der Waals surface area contributed by atoms with Crippen molar-refractivity contribution < 1.29 is 0 Å². The zero-order valence-electron chi connectivity index (χ0n) is 12.8. The van der Waals surface area contributed by atoms with Gasteiger partial charge in [0, 0.05) is 30.7 Å². The molecule has 3 rings (SSSR count). The van der Waals surface area contributed by atoms with Crippen LogP contribution in [0.25, 0.3) is 5.70 Å². The number of nitrogens with zero attached hydrogens (tertiary/aromatic N) is 1. The van der Waals surface area contributed by atoms with Crippen LogP contribution in [-0.2, 0) is 0 Å². The van der Waals surface area contributed by atoms with Crippen molar-refractivity contribution in [3.63, 3.8) is 0 Å². The molecule has 108 valence electrons. The highest BCUT2D eigenvalue weighted by molar-refractivity contribution is 5.63. The Morgan fingerprint density at radius 1 is 1.25 bits per heavy atom. The summed E-state index contributed by atoms with van der Waals surface area (Å²) >= 11 is 0. The normalized spacial score (nSPS) is 26.2. The van der Waals surface area contributed by atoms with Crippen LogP contribution in [0, 0.1) is 19.3 Å². The predicted octanol–water partition coefficient (Wildman–Crippen LogP) is 3.35. The predicted molar refractivity (Wildman–Crippen MR) is 85.7 cm³/mol. The summed E-state index contributed by atoms with van der Waals surface area (Å²) < 4.78 is 0. The number of hydrogen-bond donors (Lipinski definition) is 1.